The third kappa shape index (κ3) is 4.54. The molecule has 1 amide bonds. The standard InChI is InChI=1S/C21H24N4O2/c1-14-6-7-18(27-11-9-22)13-19(14)21(26)24-15(2)16-4-3-5-17(12-16)20-8-10-23-25-20/h3-8,10,12-13,15H,9,11,22H2,1-2H3,(H,23,25)(H,24,26)/t15-/m1/s1. The highest BCUT2D eigenvalue weighted by atomic mass is 16.5. The number of benzene rings is 2. The van der Waals surface area contributed by atoms with Gasteiger partial charge in [0.05, 0.1) is 11.7 Å². The number of nitrogens with zero attached hydrogens (tertiary/aromatic N) is 1. The molecule has 0 bridgehead atoms. The van der Waals surface area contributed by atoms with Gasteiger partial charge in [-0.3, -0.25) is 9.89 Å². The van der Waals surface area contributed by atoms with Crippen LogP contribution in [-0.2, 0) is 0 Å². The average Bonchev–Trinajstić information content (AvgIpc) is 3.22. The number of carbonyl (C=O) groups excluding carboxylic acids is 1. The molecule has 0 saturated heterocycles. The second-order valence-corrected chi connectivity index (χ2v) is 6.40. The van der Waals surface area contributed by atoms with Crippen molar-refractivity contribution in [1.82, 2.24) is 15.5 Å². The molecule has 1 atom stereocenters. The van der Waals surface area contributed by atoms with Crippen molar-refractivity contribution < 1.29 is 9.53 Å². The predicted molar refractivity (Wildman–Crippen MR) is 106 cm³/mol. The summed E-state index contributed by atoms with van der Waals surface area (Å²) < 4.78 is 5.53. The highest BCUT2D eigenvalue weighted by Gasteiger charge is 2.15. The lowest BCUT2D eigenvalue weighted by Gasteiger charge is -2.17. The van der Waals surface area contributed by atoms with Gasteiger partial charge in [0.2, 0.25) is 0 Å². The minimum Gasteiger partial charge on any atom is -0.492 e. The normalized spacial score (nSPS) is 11.8. The predicted octanol–water partition coefficient (Wildman–Crippen LogP) is 3.21. The van der Waals surface area contributed by atoms with Crippen molar-refractivity contribution in [3.8, 4) is 17.0 Å². The molecule has 6 nitrogen and oxygen atoms in total. The molecule has 0 saturated carbocycles. The van der Waals surface area contributed by atoms with Crippen molar-refractivity contribution in [2.24, 2.45) is 5.73 Å². The van der Waals surface area contributed by atoms with Crippen LogP contribution in [0.3, 0.4) is 0 Å². The zero-order chi connectivity index (χ0) is 19.2. The number of carbonyl (C=O) groups is 1. The molecule has 0 unspecified atom stereocenters. The Hall–Kier alpha value is -3.12. The summed E-state index contributed by atoms with van der Waals surface area (Å²) in [5, 5.41) is 10.0. The first-order valence-corrected chi connectivity index (χ1v) is 8.92. The van der Waals surface area contributed by atoms with Gasteiger partial charge in [0.15, 0.2) is 0 Å². The average molecular weight is 364 g/mol. The van der Waals surface area contributed by atoms with Gasteiger partial charge < -0.3 is 15.8 Å². The maximum Gasteiger partial charge on any atom is 0.252 e. The van der Waals surface area contributed by atoms with Crippen LogP contribution in [0.15, 0.2) is 54.7 Å². The van der Waals surface area contributed by atoms with Crippen LogP contribution in [0.4, 0.5) is 0 Å². The van der Waals surface area contributed by atoms with Gasteiger partial charge in [-0.1, -0.05) is 24.3 Å². The number of aryl methyl sites for hydroxylation is 1. The van der Waals surface area contributed by atoms with E-state index in [4.69, 9.17) is 10.5 Å². The topological polar surface area (TPSA) is 93.0 Å². The quantitative estimate of drug-likeness (QED) is 0.600. The molecule has 3 aromatic rings. The summed E-state index contributed by atoms with van der Waals surface area (Å²) in [5.74, 6) is 0.509. The molecule has 140 valence electrons. The Kier molecular flexibility index (Phi) is 5.88. The lowest BCUT2D eigenvalue weighted by atomic mass is 10.0. The van der Waals surface area contributed by atoms with E-state index in [0.717, 1.165) is 22.4 Å². The van der Waals surface area contributed by atoms with Crippen molar-refractivity contribution in [3.63, 3.8) is 0 Å². The summed E-state index contributed by atoms with van der Waals surface area (Å²) in [6.07, 6.45) is 1.72. The fraction of sp³-hybridized carbons (Fsp3) is 0.238. The van der Waals surface area contributed by atoms with Gasteiger partial charge in [0.1, 0.15) is 12.4 Å². The number of nitrogens with one attached hydrogen (secondary N) is 2. The van der Waals surface area contributed by atoms with Crippen molar-refractivity contribution >= 4 is 5.91 Å². The Morgan fingerprint density at radius 2 is 2.11 bits per heavy atom. The third-order valence-corrected chi connectivity index (χ3v) is 4.39. The number of aromatic nitrogens is 2. The van der Waals surface area contributed by atoms with Gasteiger partial charge in [0.25, 0.3) is 5.91 Å². The third-order valence-electron chi connectivity index (χ3n) is 4.39. The van der Waals surface area contributed by atoms with Crippen LogP contribution in [-0.4, -0.2) is 29.3 Å². The molecule has 0 radical (unpaired) electrons. The fourth-order valence-electron chi connectivity index (χ4n) is 2.86. The maximum atomic E-state index is 12.8. The number of nitrogens with two attached hydrogens (primary N) is 1. The highest BCUT2D eigenvalue weighted by Crippen LogP contribution is 2.23. The Balaban J connectivity index is 1.75. The molecule has 0 fully saturated rings. The molecule has 4 N–H and O–H groups in total. The number of ether oxygens (including phenoxy) is 1. The number of amides is 1. The molecule has 0 aliphatic carbocycles. The van der Waals surface area contributed by atoms with Gasteiger partial charge in [-0.25, -0.2) is 0 Å². The summed E-state index contributed by atoms with van der Waals surface area (Å²) in [4.78, 5) is 12.8. The van der Waals surface area contributed by atoms with Crippen LogP contribution < -0.4 is 15.8 Å². The SMILES string of the molecule is Cc1ccc(OCCN)cc1C(=O)N[C@H](C)c1cccc(-c2ccn[nH]2)c1. The Morgan fingerprint density at radius 3 is 2.85 bits per heavy atom. The molecule has 1 aromatic heterocycles. The monoisotopic (exact) mass is 364 g/mol. The molecule has 6 heteroatoms. The number of hydrogen-bond acceptors (Lipinski definition) is 4. The summed E-state index contributed by atoms with van der Waals surface area (Å²) >= 11 is 0. The van der Waals surface area contributed by atoms with Gasteiger partial charge in [-0.05, 0) is 54.8 Å². The van der Waals surface area contributed by atoms with E-state index in [2.05, 4.69) is 15.5 Å². The van der Waals surface area contributed by atoms with Crippen molar-refractivity contribution in [2.45, 2.75) is 19.9 Å². The zero-order valence-electron chi connectivity index (χ0n) is 15.5. The van der Waals surface area contributed by atoms with Crippen LogP contribution in [0.5, 0.6) is 5.75 Å². The number of hydrogen-bond donors (Lipinski definition) is 3. The van der Waals surface area contributed by atoms with Crippen LogP contribution in [0.1, 0.15) is 34.5 Å². The molecule has 0 aliphatic heterocycles. The van der Waals surface area contributed by atoms with Crippen LogP contribution in [0, 0.1) is 6.92 Å². The van der Waals surface area contributed by atoms with Gasteiger partial charge in [-0.15, -0.1) is 0 Å². The van der Waals surface area contributed by atoms with E-state index in [9.17, 15) is 4.79 Å². The summed E-state index contributed by atoms with van der Waals surface area (Å²) in [5.41, 5.74) is 9.95. The molecular weight excluding hydrogens is 340 g/mol. The first kappa shape index (κ1) is 18.7. The van der Waals surface area contributed by atoms with E-state index in [1.807, 2.05) is 56.3 Å². The van der Waals surface area contributed by atoms with Crippen LogP contribution in [0.2, 0.25) is 0 Å². The van der Waals surface area contributed by atoms with Gasteiger partial charge in [-0.2, -0.15) is 5.10 Å². The zero-order valence-corrected chi connectivity index (χ0v) is 15.5. The largest absolute Gasteiger partial charge is 0.492 e. The first-order valence-electron chi connectivity index (χ1n) is 8.92. The van der Waals surface area contributed by atoms with E-state index >= 15 is 0 Å². The van der Waals surface area contributed by atoms with E-state index in [0.29, 0.717) is 24.5 Å². The van der Waals surface area contributed by atoms with Crippen molar-refractivity contribution in [1.29, 1.82) is 0 Å². The van der Waals surface area contributed by atoms with E-state index in [1.165, 1.54) is 0 Å². The molecular formula is C21H24N4O2. The molecule has 27 heavy (non-hydrogen) atoms. The first-order chi connectivity index (χ1) is 13.1. The maximum absolute atomic E-state index is 12.8. The van der Waals surface area contributed by atoms with E-state index in [-0.39, 0.29) is 11.9 Å². The van der Waals surface area contributed by atoms with Crippen LogP contribution >= 0.6 is 0 Å². The molecule has 3 rings (SSSR count). The number of aromatic amines is 1. The summed E-state index contributed by atoms with van der Waals surface area (Å²) in [6, 6.07) is 15.3. The molecule has 0 aliphatic rings. The minimum absolute atomic E-state index is 0.134. The minimum atomic E-state index is -0.145. The Morgan fingerprint density at radius 1 is 1.26 bits per heavy atom. The van der Waals surface area contributed by atoms with Gasteiger partial charge >= 0.3 is 0 Å². The lowest BCUT2D eigenvalue weighted by Crippen LogP contribution is -2.27. The second kappa shape index (κ2) is 8.51. The van der Waals surface area contributed by atoms with E-state index < -0.39 is 0 Å². The number of rotatable bonds is 7. The lowest BCUT2D eigenvalue weighted by molar-refractivity contribution is 0.0939. The fourth-order valence-corrected chi connectivity index (χ4v) is 2.86. The smallest absolute Gasteiger partial charge is 0.252 e. The Bertz CT molecular complexity index is 906. The summed E-state index contributed by atoms with van der Waals surface area (Å²) in [6.45, 7) is 4.72. The highest BCUT2D eigenvalue weighted by molar-refractivity contribution is 5.96. The number of H-pyrrole nitrogens is 1. The van der Waals surface area contributed by atoms with E-state index in [1.54, 1.807) is 12.3 Å². The van der Waals surface area contributed by atoms with Gasteiger partial charge in [0, 0.05) is 18.3 Å². The molecule has 1 heterocycles. The molecule has 0 spiro atoms. The van der Waals surface area contributed by atoms with Crippen molar-refractivity contribution in [2.75, 3.05) is 13.2 Å². The van der Waals surface area contributed by atoms with Crippen LogP contribution in [0.25, 0.3) is 11.3 Å². The second-order valence-electron chi connectivity index (χ2n) is 6.40. The Labute approximate surface area is 158 Å². The summed E-state index contributed by atoms with van der Waals surface area (Å²) in [7, 11) is 0. The molecule has 2 aromatic carbocycles. The van der Waals surface area contributed by atoms with Crippen molar-refractivity contribution in [3.05, 3.63) is 71.4 Å².